The summed E-state index contributed by atoms with van der Waals surface area (Å²) < 4.78 is 2.08. The van der Waals surface area contributed by atoms with Crippen LogP contribution in [0.15, 0.2) is 37.2 Å². The Morgan fingerprint density at radius 3 is 2.58 bits per heavy atom. The molecule has 0 aliphatic rings. The van der Waals surface area contributed by atoms with E-state index in [2.05, 4.69) is 11.1 Å². The zero-order chi connectivity index (χ0) is 8.81. The van der Waals surface area contributed by atoms with Crippen LogP contribution in [0.4, 0.5) is 0 Å². The van der Waals surface area contributed by atoms with Gasteiger partial charge in [0, 0.05) is 31.1 Å². The number of nitrogens with zero attached hydrogens (tertiary/aromatic N) is 1. The minimum atomic E-state index is 0.287. The largest absolute Gasteiger partial charge is 0.354 e. The summed E-state index contributed by atoms with van der Waals surface area (Å²) in [5.41, 5.74) is 0. The van der Waals surface area contributed by atoms with Gasteiger partial charge in [0.1, 0.15) is 0 Å². The average molecular weight is 162 g/mol. The molecule has 0 saturated heterocycles. The molecule has 0 aliphatic heterocycles. The van der Waals surface area contributed by atoms with Gasteiger partial charge >= 0.3 is 0 Å². The van der Waals surface area contributed by atoms with Gasteiger partial charge in [-0.15, -0.1) is 6.58 Å². The first kappa shape index (κ1) is 8.78. The molecular weight excluding hydrogens is 148 g/mol. The van der Waals surface area contributed by atoms with Crippen LogP contribution in [-0.2, 0) is 6.54 Å². The van der Waals surface area contributed by atoms with Gasteiger partial charge in [-0.05, 0) is 18.6 Å². The lowest BCUT2D eigenvalue weighted by molar-refractivity contribution is 0.571. The van der Waals surface area contributed by atoms with Gasteiger partial charge in [-0.3, -0.25) is 0 Å². The average Bonchev–Trinajstić information content (AvgIpc) is 2.56. The molecule has 0 fully saturated rings. The molecule has 1 aromatic heterocycles. The Kier molecular flexibility index (Phi) is 3.33. The van der Waals surface area contributed by atoms with E-state index in [1.54, 1.807) is 0 Å². The third-order valence-electron chi connectivity index (χ3n) is 1.82. The third-order valence-corrected chi connectivity index (χ3v) is 1.82. The van der Waals surface area contributed by atoms with Gasteiger partial charge in [0.05, 0.1) is 0 Å². The highest BCUT2D eigenvalue weighted by Crippen LogP contribution is 2.04. The van der Waals surface area contributed by atoms with E-state index in [9.17, 15) is 0 Å². The Bertz CT molecular complexity index is 236. The molecule has 12 heavy (non-hydrogen) atoms. The normalized spacial score (nSPS) is 12.3. The van der Waals surface area contributed by atoms with Crippen LogP contribution in [0.25, 0.3) is 0 Å². The molecule has 0 aliphatic carbocycles. The maximum Gasteiger partial charge on any atom is 0.0300 e. The zero-order valence-electron chi connectivity index (χ0n) is 7.11. The number of nitrogens with one attached hydrogen (secondary N) is 1. The summed E-state index contributed by atoms with van der Waals surface area (Å²) in [5, 5.41) is 7.18. The molecule has 2 heteroatoms. The highest BCUT2D eigenvalue weighted by molar-refractivity contribution is 5.56. The van der Waals surface area contributed by atoms with E-state index < -0.39 is 0 Å². The van der Waals surface area contributed by atoms with Crippen LogP contribution in [0, 0.1) is 11.3 Å². The van der Waals surface area contributed by atoms with Gasteiger partial charge < -0.3 is 9.98 Å². The first-order valence-electron chi connectivity index (χ1n) is 4.09. The fraction of sp³-hybridized carbons (Fsp3) is 0.300. The Morgan fingerprint density at radius 2 is 2.08 bits per heavy atom. The standard InChI is InChI=1S/C10H14N2/c1-2-5-10(8-11)9-12-6-3-4-7-12/h2-4,6-8,10-11H,1,5,9H2. The number of aromatic nitrogens is 1. The summed E-state index contributed by atoms with van der Waals surface area (Å²) in [6.07, 6.45) is 8.25. The van der Waals surface area contributed by atoms with Crippen molar-refractivity contribution in [3.05, 3.63) is 37.2 Å². The van der Waals surface area contributed by atoms with E-state index in [-0.39, 0.29) is 5.92 Å². The molecular formula is C10H14N2. The van der Waals surface area contributed by atoms with E-state index in [0.717, 1.165) is 13.0 Å². The van der Waals surface area contributed by atoms with E-state index >= 15 is 0 Å². The van der Waals surface area contributed by atoms with E-state index in [1.807, 2.05) is 30.6 Å². The van der Waals surface area contributed by atoms with Crippen LogP contribution in [0.5, 0.6) is 0 Å². The molecule has 0 radical (unpaired) electrons. The topological polar surface area (TPSA) is 28.8 Å². The second kappa shape index (κ2) is 4.54. The molecule has 1 N–H and O–H groups in total. The van der Waals surface area contributed by atoms with Crippen molar-refractivity contribution in [2.75, 3.05) is 0 Å². The summed E-state index contributed by atoms with van der Waals surface area (Å²) in [4.78, 5) is 0. The molecule has 0 saturated carbocycles. The number of allylic oxidation sites excluding steroid dienone is 1. The fourth-order valence-corrected chi connectivity index (χ4v) is 1.17. The smallest absolute Gasteiger partial charge is 0.0300 e. The quantitative estimate of drug-likeness (QED) is 0.508. The van der Waals surface area contributed by atoms with Crippen LogP contribution in [0.1, 0.15) is 6.42 Å². The lowest BCUT2D eigenvalue weighted by Crippen LogP contribution is -2.09. The van der Waals surface area contributed by atoms with Gasteiger partial charge in [0.2, 0.25) is 0 Å². The van der Waals surface area contributed by atoms with Crippen molar-refractivity contribution in [1.82, 2.24) is 4.57 Å². The first-order valence-corrected chi connectivity index (χ1v) is 4.09. The summed E-state index contributed by atoms with van der Waals surface area (Å²) in [7, 11) is 0. The van der Waals surface area contributed by atoms with Gasteiger partial charge in [-0.2, -0.15) is 0 Å². The molecule has 1 unspecified atom stereocenters. The van der Waals surface area contributed by atoms with Gasteiger partial charge in [-0.1, -0.05) is 6.08 Å². The molecule has 0 amide bonds. The highest BCUT2D eigenvalue weighted by atomic mass is 14.9. The predicted octanol–water partition coefficient (Wildman–Crippen LogP) is 2.33. The summed E-state index contributed by atoms with van der Waals surface area (Å²) >= 11 is 0. The van der Waals surface area contributed by atoms with Crippen molar-refractivity contribution in [1.29, 1.82) is 5.41 Å². The van der Waals surface area contributed by atoms with E-state index in [4.69, 9.17) is 5.41 Å². The van der Waals surface area contributed by atoms with Gasteiger partial charge in [0.15, 0.2) is 0 Å². The van der Waals surface area contributed by atoms with Gasteiger partial charge in [0.25, 0.3) is 0 Å². The Labute approximate surface area is 73.0 Å². The minimum Gasteiger partial charge on any atom is -0.354 e. The van der Waals surface area contributed by atoms with Crippen LogP contribution < -0.4 is 0 Å². The number of hydrogen-bond acceptors (Lipinski definition) is 1. The SMILES string of the molecule is C=CCC(C=N)Cn1cccc1. The summed E-state index contributed by atoms with van der Waals surface area (Å²) in [6.45, 7) is 4.54. The number of rotatable bonds is 5. The molecule has 0 spiro atoms. The first-order chi connectivity index (χ1) is 5.86. The number of hydrogen-bond donors (Lipinski definition) is 1. The maximum absolute atomic E-state index is 7.18. The van der Waals surface area contributed by atoms with Crippen molar-refractivity contribution < 1.29 is 0 Å². The van der Waals surface area contributed by atoms with Crippen molar-refractivity contribution in [2.24, 2.45) is 5.92 Å². The van der Waals surface area contributed by atoms with Gasteiger partial charge in [-0.25, -0.2) is 0 Å². The van der Waals surface area contributed by atoms with Crippen LogP contribution >= 0.6 is 0 Å². The van der Waals surface area contributed by atoms with Crippen LogP contribution in [-0.4, -0.2) is 10.8 Å². The Morgan fingerprint density at radius 1 is 1.42 bits per heavy atom. The maximum atomic E-state index is 7.18. The molecule has 64 valence electrons. The molecule has 0 aromatic carbocycles. The molecule has 0 bridgehead atoms. The second-order valence-electron chi connectivity index (χ2n) is 2.83. The fourth-order valence-electron chi connectivity index (χ4n) is 1.17. The highest BCUT2D eigenvalue weighted by Gasteiger charge is 2.02. The molecule has 1 aromatic rings. The Balaban J connectivity index is 2.47. The molecule has 1 heterocycles. The van der Waals surface area contributed by atoms with Crippen LogP contribution in [0.3, 0.4) is 0 Å². The summed E-state index contributed by atoms with van der Waals surface area (Å²) in [6, 6.07) is 3.99. The monoisotopic (exact) mass is 162 g/mol. The van der Waals surface area contributed by atoms with E-state index in [0.29, 0.717) is 0 Å². The van der Waals surface area contributed by atoms with Crippen molar-refractivity contribution in [3.63, 3.8) is 0 Å². The zero-order valence-corrected chi connectivity index (χ0v) is 7.11. The lowest BCUT2D eigenvalue weighted by atomic mass is 10.1. The third kappa shape index (κ3) is 2.38. The second-order valence-corrected chi connectivity index (χ2v) is 2.83. The van der Waals surface area contributed by atoms with E-state index in [1.165, 1.54) is 6.21 Å². The molecule has 2 nitrogen and oxygen atoms in total. The summed E-state index contributed by atoms with van der Waals surface area (Å²) in [5.74, 6) is 0.287. The Hall–Kier alpha value is -1.31. The predicted molar refractivity (Wildman–Crippen MR) is 51.5 cm³/mol. The van der Waals surface area contributed by atoms with Crippen LogP contribution in [0.2, 0.25) is 0 Å². The molecule has 1 rings (SSSR count). The van der Waals surface area contributed by atoms with Crippen molar-refractivity contribution in [2.45, 2.75) is 13.0 Å². The molecule has 1 atom stereocenters. The lowest BCUT2D eigenvalue weighted by Gasteiger charge is -2.09. The minimum absolute atomic E-state index is 0.287. The van der Waals surface area contributed by atoms with Crippen molar-refractivity contribution in [3.8, 4) is 0 Å². The van der Waals surface area contributed by atoms with Crippen molar-refractivity contribution >= 4 is 6.21 Å².